The van der Waals surface area contributed by atoms with Gasteiger partial charge in [0.05, 0.1) is 11.6 Å². The topological polar surface area (TPSA) is 38.3 Å². The number of hydrogen-bond acceptors (Lipinski definition) is 2. The van der Waals surface area contributed by atoms with Crippen LogP contribution in [0.1, 0.15) is 21.5 Å². The third-order valence-corrected chi connectivity index (χ3v) is 4.51. The van der Waals surface area contributed by atoms with E-state index in [-0.39, 0.29) is 5.91 Å². The minimum atomic E-state index is -0.134. The van der Waals surface area contributed by atoms with Gasteiger partial charge in [-0.3, -0.25) is 4.79 Å². The van der Waals surface area contributed by atoms with Crippen LogP contribution in [0, 0.1) is 3.57 Å². The third kappa shape index (κ3) is 4.69. The Hall–Kier alpha value is -1.11. The summed E-state index contributed by atoms with van der Waals surface area (Å²) in [5.74, 6) is -0.134. The van der Waals surface area contributed by atoms with Gasteiger partial charge in [0, 0.05) is 22.8 Å². The van der Waals surface area contributed by atoms with Crippen LogP contribution >= 0.6 is 34.2 Å². The number of amides is 1. The molecule has 0 spiro atoms. The molecule has 0 bridgehead atoms. The third-order valence-electron chi connectivity index (χ3n) is 2.94. The van der Waals surface area contributed by atoms with Gasteiger partial charge in [0.15, 0.2) is 0 Å². The lowest BCUT2D eigenvalue weighted by Crippen LogP contribution is -2.22. The van der Waals surface area contributed by atoms with Crippen LogP contribution in [0.5, 0.6) is 0 Å². The van der Waals surface area contributed by atoms with E-state index in [2.05, 4.69) is 27.9 Å². The van der Waals surface area contributed by atoms with E-state index < -0.39 is 0 Å². The van der Waals surface area contributed by atoms with Crippen LogP contribution in [0.4, 0.5) is 0 Å². The number of methoxy groups -OCH3 is 1. The minimum absolute atomic E-state index is 0.134. The van der Waals surface area contributed by atoms with Gasteiger partial charge in [-0.05, 0) is 51.9 Å². The Bertz CT molecular complexity index is 646. The Kier molecular flexibility index (Phi) is 6.02. The van der Waals surface area contributed by atoms with E-state index in [4.69, 9.17) is 16.3 Å². The second-order valence-corrected chi connectivity index (χ2v) is 6.13. The molecule has 0 saturated heterocycles. The molecule has 0 fully saturated rings. The van der Waals surface area contributed by atoms with Crippen LogP contribution < -0.4 is 5.32 Å². The number of rotatable bonds is 5. The van der Waals surface area contributed by atoms with Crippen LogP contribution in [0.3, 0.4) is 0 Å². The number of benzene rings is 2. The van der Waals surface area contributed by atoms with Gasteiger partial charge in [-0.15, -0.1) is 0 Å². The van der Waals surface area contributed by atoms with Gasteiger partial charge in [0.1, 0.15) is 0 Å². The van der Waals surface area contributed by atoms with Gasteiger partial charge >= 0.3 is 0 Å². The standard InChI is InChI=1S/C16H15ClINO2/c1-21-10-12-4-2-3-11(7-12)9-19-16(20)13-5-6-15(18)14(17)8-13/h2-8H,9-10H2,1H3,(H,19,20). The second-order valence-electron chi connectivity index (χ2n) is 4.56. The summed E-state index contributed by atoms with van der Waals surface area (Å²) >= 11 is 8.16. The molecule has 2 rings (SSSR count). The lowest BCUT2D eigenvalue weighted by Gasteiger charge is -2.08. The summed E-state index contributed by atoms with van der Waals surface area (Å²) in [5.41, 5.74) is 2.68. The highest BCUT2D eigenvalue weighted by molar-refractivity contribution is 14.1. The summed E-state index contributed by atoms with van der Waals surface area (Å²) in [7, 11) is 1.66. The summed E-state index contributed by atoms with van der Waals surface area (Å²) in [6.45, 7) is 1.04. The van der Waals surface area contributed by atoms with Crippen molar-refractivity contribution in [1.29, 1.82) is 0 Å². The van der Waals surface area contributed by atoms with Crippen LogP contribution in [0.2, 0.25) is 5.02 Å². The van der Waals surface area contributed by atoms with E-state index >= 15 is 0 Å². The largest absolute Gasteiger partial charge is 0.380 e. The molecular weight excluding hydrogens is 401 g/mol. The molecule has 1 N–H and O–H groups in total. The van der Waals surface area contributed by atoms with E-state index in [0.29, 0.717) is 23.7 Å². The number of nitrogens with one attached hydrogen (secondary N) is 1. The predicted octanol–water partition coefficient (Wildman–Crippen LogP) is 4.02. The maximum atomic E-state index is 12.1. The van der Waals surface area contributed by atoms with E-state index in [1.807, 2.05) is 30.3 Å². The summed E-state index contributed by atoms with van der Waals surface area (Å²) in [5, 5.41) is 3.48. The van der Waals surface area contributed by atoms with Gasteiger partial charge in [-0.2, -0.15) is 0 Å². The monoisotopic (exact) mass is 415 g/mol. The number of carbonyl (C=O) groups is 1. The van der Waals surface area contributed by atoms with Gasteiger partial charge < -0.3 is 10.1 Å². The Balaban J connectivity index is 2.00. The smallest absolute Gasteiger partial charge is 0.251 e. The van der Waals surface area contributed by atoms with Gasteiger partial charge in [0.2, 0.25) is 0 Å². The van der Waals surface area contributed by atoms with Crippen molar-refractivity contribution in [3.05, 3.63) is 67.7 Å². The van der Waals surface area contributed by atoms with Gasteiger partial charge in [-0.1, -0.05) is 35.9 Å². The molecule has 110 valence electrons. The summed E-state index contributed by atoms with van der Waals surface area (Å²) in [6, 6.07) is 13.2. The van der Waals surface area contributed by atoms with E-state index in [0.717, 1.165) is 14.7 Å². The van der Waals surface area contributed by atoms with Gasteiger partial charge in [0.25, 0.3) is 5.91 Å². The van der Waals surface area contributed by atoms with Crippen molar-refractivity contribution >= 4 is 40.1 Å². The SMILES string of the molecule is COCc1cccc(CNC(=O)c2ccc(I)c(Cl)c2)c1. The molecule has 1 amide bonds. The Morgan fingerprint density at radius 3 is 2.71 bits per heavy atom. The van der Waals surface area contributed by atoms with E-state index in [1.165, 1.54) is 0 Å². The maximum Gasteiger partial charge on any atom is 0.251 e. The van der Waals surface area contributed by atoms with Crippen molar-refractivity contribution in [3.63, 3.8) is 0 Å². The molecule has 0 atom stereocenters. The van der Waals surface area contributed by atoms with Crippen LogP contribution in [-0.2, 0) is 17.9 Å². The van der Waals surface area contributed by atoms with Crippen molar-refractivity contribution in [1.82, 2.24) is 5.32 Å². The molecule has 5 heteroatoms. The Morgan fingerprint density at radius 2 is 2.00 bits per heavy atom. The number of halogens is 2. The molecule has 21 heavy (non-hydrogen) atoms. The van der Waals surface area contributed by atoms with Crippen molar-refractivity contribution in [2.24, 2.45) is 0 Å². The van der Waals surface area contributed by atoms with Crippen LogP contribution in [0.15, 0.2) is 42.5 Å². The minimum Gasteiger partial charge on any atom is -0.380 e. The number of hydrogen-bond donors (Lipinski definition) is 1. The fraction of sp³-hybridized carbons (Fsp3) is 0.188. The first-order valence-electron chi connectivity index (χ1n) is 6.40. The molecule has 0 heterocycles. The lowest BCUT2D eigenvalue weighted by atomic mass is 10.1. The summed E-state index contributed by atoms with van der Waals surface area (Å²) in [6.07, 6.45) is 0. The zero-order chi connectivity index (χ0) is 15.2. The first-order valence-corrected chi connectivity index (χ1v) is 7.86. The molecule has 0 saturated carbocycles. The van der Waals surface area contributed by atoms with E-state index in [9.17, 15) is 4.79 Å². The highest BCUT2D eigenvalue weighted by atomic mass is 127. The molecule has 3 nitrogen and oxygen atoms in total. The van der Waals surface area contributed by atoms with Crippen LogP contribution in [-0.4, -0.2) is 13.0 Å². The second kappa shape index (κ2) is 7.77. The molecular formula is C16H15ClINO2. The quantitative estimate of drug-likeness (QED) is 0.749. The molecule has 2 aromatic carbocycles. The average molecular weight is 416 g/mol. The van der Waals surface area contributed by atoms with Gasteiger partial charge in [-0.25, -0.2) is 0 Å². The van der Waals surface area contributed by atoms with Crippen molar-refractivity contribution in [3.8, 4) is 0 Å². The Labute approximate surface area is 142 Å². The van der Waals surface area contributed by atoms with Crippen molar-refractivity contribution < 1.29 is 9.53 Å². The zero-order valence-corrected chi connectivity index (χ0v) is 14.4. The highest BCUT2D eigenvalue weighted by Gasteiger charge is 2.07. The zero-order valence-electron chi connectivity index (χ0n) is 11.5. The first kappa shape index (κ1) is 16.3. The van der Waals surface area contributed by atoms with Crippen LogP contribution in [0.25, 0.3) is 0 Å². The lowest BCUT2D eigenvalue weighted by molar-refractivity contribution is 0.0951. The molecule has 0 unspecified atom stereocenters. The molecule has 2 aromatic rings. The van der Waals surface area contributed by atoms with Crippen molar-refractivity contribution in [2.45, 2.75) is 13.2 Å². The summed E-state index contributed by atoms with van der Waals surface area (Å²) in [4.78, 5) is 12.1. The number of carbonyl (C=O) groups excluding carboxylic acids is 1. The normalized spacial score (nSPS) is 10.4. The van der Waals surface area contributed by atoms with E-state index in [1.54, 1.807) is 19.2 Å². The highest BCUT2D eigenvalue weighted by Crippen LogP contribution is 2.19. The first-order chi connectivity index (χ1) is 10.1. The molecule has 0 aliphatic heterocycles. The predicted molar refractivity (Wildman–Crippen MR) is 92.5 cm³/mol. The molecule has 0 radical (unpaired) electrons. The molecule has 0 aliphatic rings. The Morgan fingerprint density at radius 1 is 1.24 bits per heavy atom. The molecule has 0 aliphatic carbocycles. The fourth-order valence-electron chi connectivity index (χ4n) is 1.92. The summed E-state index contributed by atoms with van der Waals surface area (Å²) < 4.78 is 6.03. The number of ether oxygens (including phenoxy) is 1. The van der Waals surface area contributed by atoms with Crippen molar-refractivity contribution in [2.75, 3.05) is 7.11 Å². The maximum absolute atomic E-state index is 12.1. The molecule has 0 aromatic heterocycles. The fourth-order valence-corrected chi connectivity index (χ4v) is 2.43. The average Bonchev–Trinajstić information content (AvgIpc) is 2.48.